The predicted molar refractivity (Wildman–Crippen MR) is 84.3 cm³/mol. The molecule has 1 aromatic carbocycles. The summed E-state index contributed by atoms with van der Waals surface area (Å²) in [5.74, 6) is 0.331. The van der Waals surface area contributed by atoms with Gasteiger partial charge in [-0.1, -0.05) is 23.7 Å². The van der Waals surface area contributed by atoms with E-state index in [0.29, 0.717) is 17.4 Å². The Bertz CT molecular complexity index is 552. The van der Waals surface area contributed by atoms with Gasteiger partial charge in [0.25, 0.3) is 0 Å². The van der Waals surface area contributed by atoms with Crippen LogP contribution in [-0.4, -0.2) is 37.2 Å². The summed E-state index contributed by atoms with van der Waals surface area (Å²) >= 11 is 6.06. The standard InChI is InChI=1S/C14H20ClN5/c1-20(2)7-6-14(17)12(9-18-13(16)19-14)10-4-3-5-11(15)8-10/h3-5,8-9H,6-7,17H2,1-2H3,(H3,16,18,19). The third kappa shape index (κ3) is 3.30. The highest BCUT2D eigenvalue weighted by Crippen LogP contribution is 2.32. The number of halogens is 1. The van der Waals surface area contributed by atoms with Crippen LogP contribution in [0.1, 0.15) is 12.0 Å². The maximum atomic E-state index is 6.48. The van der Waals surface area contributed by atoms with Crippen LogP contribution in [0.4, 0.5) is 0 Å². The summed E-state index contributed by atoms with van der Waals surface area (Å²) in [5, 5.41) is 3.59. The Morgan fingerprint density at radius 3 is 2.80 bits per heavy atom. The monoisotopic (exact) mass is 293 g/mol. The van der Waals surface area contributed by atoms with Crippen molar-refractivity contribution in [2.24, 2.45) is 16.5 Å². The molecule has 1 unspecified atom stereocenters. The van der Waals surface area contributed by atoms with Crippen LogP contribution in [0.15, 0.2) is 35.5 Å². The molecule has 0 radical (unpaired) electrons. The average Bonchev–Trinajstić information content (AvgIpc) is 2.36. The average molecular weight is 294 g/mol. The van der Waals surface area contributed by atoms with Gasteiger partial charge in [-0.3, -0.25) is 0 Å². The van der Waals surface area contributed by atoms with E-state index in [1.54, 1.807) is 0 Å². The molecule has 108 valence electrons. The Morgan fingerprint density at radius 2 is 2.15 bits per heavy atom. The highest BCUT2D eigenvalue weighted by atomic mass is 35.5. The maximum Gasteiger partial charge on any atom is 0.194 e. The van der Waals surface area contributed by atoms with Gasteiger partial charge < -0.3 is 21.7 Å². The van der Waals surface area contributed by atoms with E-state index in [1.807, 2.05) is 44.6 Å². The fourth-order valence-electron chi connectivity index (χ4n) is 2.15. The van der Waals surface area contributed by atoms with Gasteiger partial charge in [0.2, 0.25) is 0 Å². The van der Waals surface area contributed by atoms with Gasteiger partial charge in [-0.05, 0) is 31.8 Å². The minimum Gasteiger partial charge on any atom is -0.370 e. The van der Waals surface area contributed by atoms with Gasteiger partial charge in [0.1, 0.15) is 5.66 Å². The molecule has 20 heavy (non-hydrogen) atoms. The van der Waals surface area contributed by atoms with E-state index >= 15 is 0 Å². The van der Waals surface area contributed by atoms with Crippen LogP contribution in [-0.2, 0) is 0 Å². The van der Waals surface area contributed by atoms with Gasteiger partial charge in [0, 0.05) is 29.8 Å². The van der Waals surface area contributed by atoms with Crippen molar-refractivity contribution in [3.05, 3.63) is 41.1 Å². The number of hydrogen-bond acceptors (Lipinski definition) is 5. The van der Waals surface area contributed by atoms with Crippen LogP contribution >= 0.6 is 11.6 Å². The lowest BCUT2D eigenvalue weighted by molar-refractivity contribution is 0.357. The fourth-order valence-corrected chi connectivity index (χ4v) is 2.34. The SMILES string of the molecule is CN(C)CCC1(N)N=C(N)NC=C1c1cccc(Cl)c1. The van der Waals surface area contributed by atoms with E-state index in [-0.39, 0.29) is 0 Å². The van der Waals surface area contributed by atoms with Crippen molar-refractivity contribution in [1.82, 2.24) is 10.2 Å². The molecule has 0 aliphatic carbocycles. The van der Waals surface area contributed by atoms with E-state index in [1.165, 1.54) is 0 Å². The molecular formula is C14H20ClN5. The van der Waals surface area contributed by atoms with Crippen molar-refractivity contribution in [3.63, 3.8) is 0 Å². The number of guanidine groups is 1. The first-order valence-electron chi connectivity index (χ1n) is 6.43. The lowest BCUT2D eigenvalue weighted by Crippen LogP contribution is -2.48. The first kappa shape index (κ1) is 14.8. The van der Waals surface area contributed by atoms with E-state index in [9.17, 15) is 0 Å². The zero-order valence-electron chi connectivity index (χ0n) is 11.7. The molecule has 0 spiro atoms. The third-order valence-electron chi connectivity index (χ3n) is 3.23. The predicted octanol–water partition coefficient (Wildman–Crippen LogP) is 1.21. The van der Waals surface area contributed by atoms with E-state index < -0.39 is 5.66 Å². The second-order valence-corrected chi connectivity index (χ2v) is 5.62. The lowest BCUT2D eigenvalue weighted by atomic mass is 9.90. The zero-order valence-corrected chi connectivity index (χ0v) is 12.5. The number of rotatable bonds is 4. The molecular weight excluding hydrogens is 274 g/mol. The molecule has 0 saturated heterocycles. The third-order valence-corrected chi connectivity index (χ3v) is 3.46. The molecule has 0 bridgehead atoms. The van der Waals surface area contributed by atoms with Crippen molar-refractivity contribution in [1.29, 1.82) is 0 Å². The van der Waals surface area contributed by atoms with Crippen LogP contribution < -0.4 is 16.8 Å². The lowest BCUT2D eigenvalue weighted by Gasteiger charge is -2.33. The maximum absolute atomic E-state index is 6.48. The van der Waals surface area contributed by atoms with Gasteiger partial charge in [0.15, 0.2) is 5.96 Å². The zero-order chi connectivity index (χ0) is 14.8. The van der Waals surface area contributed by atoms with Crippen molar-refractivity contribution in [2.75, 3.05) is 20.6 Å². The molecule has 0 aromatic heterocycles. The fraction of sp³-hybridized carbons (Fsp3) is 0.357. The van der Waals surface area contributed by atoms with E-state index in [4.69, 9.17) is 23.1 Å². The van der Waals surface area contributed by atoms with Gasteiger partial charge in [-0.25, -0.2) is 4.99 Å². The van der Waals surface area contributed by atoms with Crippen LogP contribution in [0.25, 0.3) is 5.57 Å². The summed E-state index contributed by atoms with van der Waals surface area (Å²) in [4.78, 5) is 6.46. The number of nitrogens with zero attached hydrogens (tertiary/aromatic N) is 2. The molecule has 0 fully saturated rings. The Morgan fingerprint density at radius 1 is 1.40 bits per heavy atom. The smallest absolute Gasteiger partial charge is 0.194 e. The first-order chi connectivity index (χ1) is 9.40. The van der Waals surface area contributed by atoms with Crippen molar-refractivity contribution in [2.45, 2.75) is 12.1 Å². The molecule has 5 nitrogen and oxygen atoms in total. The first-order valence-corrected chi connectivity index (χ1v) is 6.80. The number of benzene rings is 1. The Balaban J connectivity index is 2.34. The second kappa shape index (κ2) is 5.83. The summed E-state index contributed by atoms with van der Waals surface area (Å²) in [6.07, 6.45) is 2.48. The van der Waals surface area contributed by atoms with Gasteiger partial charge in [-0.2, -0.15) is 0 Å². The molecule has 0 saturated carbocycles. The Kier molecular flexibility index (Phi) is 4.32. The molecule has 1 aliphatic heterocycles. The minimum atomic E-state index is -0.843. The van der Waals surface area contributed by atoms with Gasteiger partial charge in [0.05, 0.1) is 0 Å². The van der Waals surface area contributed by atoms with Crippen molar-refractivity contribution < 1.29 is 0 Å². The quantitative estimate of drug-likeness (QED) is 0.779. The largest absolute Gasteiger partial charge is 0.370 e. The van der Waals surface area contributed by atoms with Crippen LogP contribution in [0.3, 0.4) is 0 Å². The van der Waals surface area contributed by atoms with Crippen molar-refractivity contribution >= 4 is 23.1 Å². The molecule has 2 rings (SSSR count). The molecule has 1 aromatic rings. The number of aliphatic imine (C=N–C) groups is 1. The second-order valence-electron chi connectivity index (χ2n) is 5.19. The Hall–Kier alpha value is -1.56. The van der Waals surface area contributed by atoms with Crippen LogP contribution in [0.2, 0.25) is 5.02 Å². The summed E-state index contributed by atoms with van der Waals surface area (Å²) in [7, 11) is 4.00. The minimum absolute atomic E-state index is 0.331. The number of hydrogen-bond donors (Lipinski definition) is 3. The Labute approximate surface area is 124 Å². The topological polar surface area (TPSA) is 79.7 Å². The molecule has 6 heteroatoms. The summed E-state index contributed by atoms with van der Waals surface area (Å²) in [6, 6.07) is 7.57. The van der Waals surface area contributed by atoms with Gasteiger partial charge in [-0.15, -0.1) is 0 Å². The van der Waals surface area contributed by atoms with Crippen LogP contribution in [0, 0.1) is 0 Å². The normalized spacial score (nSPS) is 22.2. The molecule has 1 aliphatic rings. The summed E-state index contributed by atoms with van der Waals surface area (Å²) in [5.41, 5.74) is 13.2. The molecule has 5 N–H and O–H groups in total. The number of nitrogens with two attached hydrogens (primary N) is 2. The van der Waals surface area contributed by atoms with E-state index in [2.05, 4.69) is 15.2 Å². The van der Waals surface area contributed by atoms with Crippen molar-refractivity contribution in [3.8, 4) is 0 Å². The van der Waals surface area contributed by atoms with Gasteiger partial charge >= 0.3 is 0 Å². The summed E-state index contributed by atoms with van der Waals surface area (Å²) in [6.45, 7) is 0.811. The number of nitrogens with one attached hydrogen (secondary N) is 1. The molecule has 1 heterocycles. The highest BCUT2D eigenvalue weighted by Gasteiger charge is 2.33. The molecule has 0 amide bonds. The van der Waals surface area contributed by atoms with Crippen LogP contribution in [0.5, 0.6) is 0 Å². The highest BCUT2D eigenvalue weighted by molar-refractivity contribution is 6.30. The molecule has 1 atom stereocenters. The van der Waals surface area contributed by atoms with E-state index in [0.717, 1.165) is 17.7 Å². The summed E-state index contributed by atoms with van der Waals surface area (Å²) < 4.78 is 0.